The predicted octanol–water partition coefficient (Wildman–Crippen LogP) is 3.87. The molecule has 7 unspecified atom stereocenters. The molecule has 2 rings (SSSR count). The minimum absolute atomic E-state index is 0.336. The van der Waals surface area contributed by atoms with Crippen molar-refractivity contribution in [3.8, 4) is 0 Å². The molecule has 0 aromatic rings. The van der Waals surface area contributed by atoms with Gasteiger partial charge < -0.3 is 9.84 Å². The van der Waals surface area contributed by atoms with Crippen molar-refractivity contribution in [1.82, 2.24) is 0 Å². The molecule has 0 aromatic carbocycles. The Bertz CT molecular complexity index is 276. The molecular formula is C17H32O2. The fourth-order valence-corrected chi connectivity index (χ4v) is 3.84. The molecule has 2 fully saturated rings. The molecule has 2 saturated carbocycles. The smallest absolute Gasteiger partial charge is 0.0745 e. The Morgan fingerprint density at radius 2 is 1.84 bits per heavy atom. The van der Waals surface area contributed by atoms with Crippen LogP contribution in [0.1, 0.15) is 59.8 Å². The zero-order valence-corrected chi connectivity index (χ0v) is 13.1. The zero-order valence-electron chi connectivity index (χ0n) is 13.1. The molecule has 19 heavy (non-hydrogen) atoms. The van der Waals surface area contributed by atoms with Crippen molar-refractivity contribution in [1.29, 1.82) is 0 Å². The van der Waals surface area contributed by atoms with E-state index in [4.69, 9.17) is 4.74 Å². The van der Waals surface area contributed by atoms with Crippen LogP contribution < -0.4 is 0 Å². The molecule has 2 aliphatic rings. The Morgan fingerprint density at radius 3 is 2.42 bits per heavy atom. The molecule has 7 atom stereocenters. The van der Waals surface area contributed by atoms with Gasteiger partial charge in [0.05, 0.1) is 18.8 Å². The van der Waals surface area contributed by atoms with E-state index in [1.807, 2.05) is 6.92 Å². The fraction of sp³-hybridized carbons (Fsp3) is 1.00. The summed E-state index contributed by atoms with van der Waals surface area (Å²) in [5.41, 5.74) is 0. The maximum absolute atomic E-state index is 9.44. The van der Waals surface area contributed by atoms with Gasteiger partial charge in [-0.05, 0) is 62.2 Å². The second-order valence-electron chi connectivity index (χ2n) is 7.49. The van der Waals surface area contributed by atoms with Gasteiger partial charge in [0.25, 0.3) is 0 Å². The van der Waals surface area contributed by atoms with Gasteiger partial charge >= 0.3 is 0 Å². The molecule has 0 heterocycles. The van der Waals surface area contributed by atoms with Crippen LogP contribution in [0.5, 0.6) is 0 Å². The highest BCUT2D eigenvalue weighted by Crippen LogP contribution is 2.46. The van der Waals surface area contributed by atoms with Gasteiger partial charge in [0, 0.05) is 0 Å². The fourth-order valence-electron chi connectivity index (χ4n) is 3.84. The van der Waals surface area contributed by atoms with Crippen molar-refractivity contribution in [2.45, 2.75) is 72.0 Å². The number of hydrogen-bond donors (Lipinski definition) is 1. The minimum Gasteiger partial charge on any atom is -0.391 e. The average Bonchev–Trinajstić information content (AvgIpc) is 3.02. The summed E-state index contributed by atoms with van der Waals surface area (Å²) in [5.74, 6) is 4.21. The average molecular weight is 268 g/mol. The first-order chi connectivity index (χ1) is 8.97. The summed E-state index contributed by atoms with van der Waals surface area (Å²) in [5, 5.41) is 9.44. The number of aliphatic hydroxyl groups excluding tert-OH is 1. The number of ether oxygens (including phenoxy) is 1. The van der Waals surface area contributed by atoms with Crippen molar-refractivity contribution in [2.75, 3.05) is 6.61 Å². The molecule has 0 bridgehead atoms. The van der Waals surface area contributed by atoms with Crippen molar-refractivity contribution in [3.05, 3.63) is 0 Å². The number of rotatable bonds is 6. The molecule has 2 heteroatoms. The maximum Gasteiger partial charge on any atom is 0.0745 e. The van der Waals surface area contributed by atoms with Gasteiger partial charge in [-0.3, -0.25) is 0 Å². The second kappa shape index (κ2) is 6.58. The quantitative estimate of drug-likeness (QED) is 0.792. The Balaban J connectivity index is 1.86. The van der Waals surface area contributed by atoms with Crippen molar-refractivity contribution in [2.24, 2.45) is 29.6 Å². The third-order valence-electron chi connectivity index (χ3n) is 5.34. The summed E-state index contributed by atoms with van der Waals surface area (Å²) in [6.45, 7) is 9.45. The van der Waals surface area contributed by atoms with Crippen LogP contribution in [0.3, 0.4) is 0 Å². The van der Waals surface area contributed by atoms with E-state index in [-0.39, 0.29) is 6.10 Å². The van der Waals surface area contributed by atoms with Crippen LogP contribution in [0.4, 0.5) is 0 Å². The van der Waals surface area contributed by atoms with Crippen LogP contribution >= 0.6 is 0 Å². The first-order valence-electron chi connectivity index (χ1n) is 8.27. The first kappa shape index (κ1) is 15.3. The van der Waals surface area contributed by atoms with E-state index in [0.717, 1.165) is 23.7 Å². The third-order valence-corrected chi connectivity index (χ3v) is 5.34. The largest absolute Gasteiger partial charge is 0.391 e. The van der Waals surface area contributed by atoms with Crippen LogP contribution in [0.2, 0.25) is 0 Å². The topological polar surface area (TPSA) is 29.5 Å². The van der Waals surface area contributed by atoms with Gasteiger partial charge in [-0.2, -0.15) is 0 Å². The minimum atomic E-state index is -0.336. The first-order valence-corrected chi connectivity index (χ1v) is 8.27. The van der Waals surface area contributed by atoms with Gasteiger partial charge in [-0.15, -0.1) is 0 Å². The van der Waals surface area contributed by atoms with E-state index in [2.05, 4.69) is 20.8 Å². The van der Waals surface area contributed by atoms with Crippen LogP contribution in [0, 0.1) is 29.6 Å². The van der Waals surface area contributed by atoms with E-state index < -0.39 is 0 Å². The highest BCUT2D eigenvalue weighted by molar-refractivity contribution is 4.89. The Labute approximate surface area is 118 Å². The molecule has 0 radical (unpaired) electrons. The number of hydrogen-bond acceptors (Lipinski definition) is 2. The molecule has 1 N–H and O–H groups in total. The van der Waals surface area contributed by atoms with E-state index in [0.29, 0.717) is 18.6 Å². The van der Waals surface area contributed by atoms with Gasteiger partial charge in [0.1, 0.15) is 0 Å². The molecule has 0 saturated heterocycles. The monoisotopic (exact) mass is 268 g/mol. The lowest BCUT2D eigenvalue weighted by Gasteiger charge is -2.38. The van der Waals surface area contributed by atoms with Crippen molar-refractivity contribution in [3.63, 3.8) is 0 Å². The van der Waals surface area contributed by atoms with Gasteiger partial charge in [-0.25, -0.2) is 0 Å². The van der Waals surface area contributed by atoms with Gasteiger partial charge in [-0.1, -0.05) is 27.2 Å². The van der Waals surface area contributed by atoms with E-state index in [9.17, 15) is 5.11 Å². The predicted molar refractivity (Wildman–Crippen MR) is 79.0 cm³/mol. The molecule has 2 nitrogen and oxygen atoms in total. The molecule has 0 aliphatic heterocycles. The van der Waals surface area contributed by atoms with Crippen LogP contribution in [-0.2, 0) is 4.74 Å². The third kappa shape index (κ3) is 4.46. The summed E-state index contributed by atoms with van der Waals surface area (Å²) in [4.78, 5) is 0. The highest BCUT2D eigenvalue weighted by atomic mass is 16.5. The lowest BCUT2D eigenvalue weighted by Crippen LogP contribution is -2.36. The SMILES string of the molecule is CC(O)COC1CC(C)CCC1C(C)CC1CC1C. The van der Waals surface area contributed by atoms with Crippen molar-refractivity contribution < 1.29 is 9.84 Å². The lowest BCUT2D eigenvalue weighted by molar-refractivity contribution is -0.0685. The summed E-state index contributed by atoms with van der Waals surface area (Å²) in [6, 6.07) is 0. The van der Waals surface area contributed by atoms with Crippen LogP contribution in [-0.4, -0.2) is 23.9 Å². The molecule has 2 aliphatic carbocycles. The standard InChI is InChI=1S/C17H32O2/c1-11-5-6-16(13(3)9-15-8-12(15)2)17(7-11)19-10-14(4)18/h11-18H,5-10H2,1-4H3. The normalized spacial score (nSPS) is 41.8. The zero-order chi connectivity index (χ0) is 14.0. The lowest BCUT2D eigenvalue weighted by atomic mass is 9.73. The summed E-state index contributed by atoms with van der Waals surface area (Å²) in [6.07, 6.45) is 6.71. The molecule has 0 spiro atoms. The Hall–Kier alpha value is -0.0800. The summed E-state index contributed by atoms with van der Waals surface area (Å²) < 4.78 is 6.03. The molecule has 112 valence electrons. The Kier molecular flexibility index (Phi) is 5.30. The highest BCUT2D eigenvalue weighted by Gasteiger charge is 2.38. The summed E-state index contributed by atoms with van der Waals surface area (Å²) >= 11 is 0. The van der Waals surface area contributed by atoms with Gasteiger partial charge in [0.2, 0.25) is 0 Å². The maximum atomic E-state index is 9.44. The molecular weight excluding hydrogens is 236 g/mol. The van der Waals surface area contributed by atoms with E-state index >= 15 is 0 Å². The second-order valence-corrected chi connectivity index (χ2v) is 7.49. The van der Waals surface area contributed by atoms with Crippen LogP contribution in [0.25, 0.3) is 0 Å². The molecule has 0 amide bonds. The van der Waals surface area contributed by atoms with Crippen LogP contribution in [0.15, 0.2) is 0 Å². The Morgan fingerprint density at radius 1 is 1.16 bits per heavy atom. The van der Waals surface area contributed by atoms with E-state index in [1.54, 1.807) is 0 Å². The van der Waals surface area contributed by atoms with Gasteiger partial charge in [0.15, 0.2) is 0 Å². The number of aliphatic hydroxyl groups is 1. The van der Waals surface area contributed by atoms with Crippen molar-refractivity contribution >= 4 is 0 Å². The molecule has 0 aromatic heterocycles. The summed E-state index contributed by atoms with van der Waals surface area (Å²) in [7, 11) is 0. The van der Waals surface area contributed by atoms with E-state index in [1.165, 1.54) is 32.1 Å².